The van der Waals surface area contributed by atoms with E-state index in [1.807, 2.05) is 11.0 Å². The van der Waals surface area contributed by atoms with Crippen molar-refractivity contribution in [3.63, 3.8) is 0 Å². The molecule has 4 rings (SSSR count). The van der Waals surface area contributed by atoms with Crippen molar-refractivity contribution in [1.82, 2.24) is 20.2 Å². The number of carbonyl (C=O) groups excluding carboxylic acids is 1. The van der Waals surface area contributed by atoms with Crippen molar-refractivity contribution in [3.8, 4) is 5.75 Å². The van der Waals surface area contributed by atoms with Gasteiger partial charge in [-0.05, 0) is 75.6 Å². The first-order chi connectivity index (χ1) is 19.0. The highest BCUT2D eigenvalue weighted by Crippen LogP contribution is 2.40. The molecule has 216 valence electrons. The average Bonchev–Trinajstić information content (AvgIpc) is 3.75. The Labute approximate surface area is 240 Å². The molecule has 13 heteroatoms. The van der Waals surface area contributed by atoms with Gasteiger partial charge in [-0.25, -0.2) is 13.4 Å². The monoisotopic (exact) mass is 589 g/mol. The van der Waals surface area contributed by atoms with Crippen LogP contribution in [0, 0.1) is 12.3 Å². The van der Waals surface area contributed by atoms with Crippen LogP contribution in [0.3, 0.4) is 0 Å². The van der Waals surface area contributed by atoms with Crippen LogP contribution < -0.4 is 20.7 Å². The number of hydrogen-bond acceptors (Lipinski definition) is 10. The zero-order chi connectivity index (χ0) is 29.0. The van der Waals surface area contributed by atoms with Gasteiger partial charge in [0.05, 0.1) is 28.9 Å². The molecule has 0 unspecified atom stereocenters. The van der Waals surface area contributed by atoms with Gasteiger partial charge in [0.2, 0.25) is 12.4 Å². The van der Waals surface area contributed by atoms with Crippen molar-refractivity contribution < 1.29 is 17.9 Å². The van der Waals surface area contributed by atoms with E-state index in [1.165, 1.54) is 31.8 Å². The molecule has 1 amide bonds. The minimum Gasteiger partial charge on any atom is -0.488 e. The van der Waals surface area contributed by atoms with Gasteiger partial charge in [-0.1, -0.05) is 11.6 Å². The molecule has 0 radical (unpaired) electrons. The molecule has 2 aliphatic rings. The van der Waals surface area contributed by atoms with E-state index in [0.717, 1.165) is 50.7 Å². The molecular formula is C27H36ClN7O4S. The molecule has 1 aliphatic carbocycles. The van der Waals surface area contributed by atoms with Gasteiger partial charge in [0.1, 0.15) is 10.8 Å². The molecule has 1 aliphatic heterocycles. The lowest BCUT2D eigenvalue weighted by molar-refractivity contribution is -0.119. The summed E-state index contributed by atoms with van der Waals surface area (Å²) in [6, 6.07) is 4.10. The predicted molar refractivity (Wildman–Crippen MR) is 157 cm³/mol. The second kappa shape index (κ2) is 12.4. The molecule has 1 saturated carbocycles. The Morgan fingerprint density at radius 1 is 1.23 bits per heavy atom. The van der Waals surface area contributed by atoms with Crippen molar-refractivity contribution in [2.75, 3.05) is 30.8 Å². The SMILES string of the molecule is CN/C=C(/Nc1nc(Nc2cc(C)c(C3CCN(C=O)CC3)cc2OC2CC2)ncc1Cl)C(=N)S(=O)(=O)C(C)C. The smallest absolute Gasteiger partial charge is 0.229 e. The van der Waals surface area contributed by atoms with E-state index >= 15 is 0 Å². The number of piperidine rings is 1. The van der Waals surface area contributed by atoms with Gasteiger partial charge in [0, 0.05) is 26.3 Å². The van der Waals surface area contributed by atoms with Gasteiger partial charge < -0.3 is 25.6 Å². The number of aryl methyl sites for hydroxylation is 1. The lowest BCUT2D eigenvalue weighted by Gasteiger charge is -2.30. The van der Waals surface area contributed by atoms with Crippen LogP contribution in [0.25, 0.3) is 0 Å². The summed E-state index contributed by atoms with van der Waals surface area (Å²) in [7, 11) is -2.25. The number of rotatable bonds is 11. The molecule has 2 fully saturated rings. The molecule has 1 saturated heterocycles. The number of likely N-dealkylation sites (tertiary alicyclic amines) is 1. The van der Waals surface area contributed by atoms with Gasteiger partial charge >= 0.3 is 0 Å². The van der Waals surface area contributed by atoms with Gasteiger partial charge in [-0.15, -0.1) is 0 Å². The summed E-state index contributed by atoms with van der Waals surface area (Å²) < 4.78 is 31.5. The Morgan fingerprint density at radius 2 is 1.93 bits per heavy atom. The predicted octanol–water partition coefficient (Wildman–Crippen LogP) is 4.33. The maximum absolute atomic E-state index is 12.6. The van der Waals surface area contributed by atoms with Crippen LogP contribution in [0.4, 0.5) is 17.5 Å². The quantitative estimate of drug-likeness (QED) is 0.171. The molecule has 11 nitrogen and oxygen atoms in total. The summed E-state index contributed by atoms with van der Waals surface area (Å²) in [5.41, 5.74) is 3.00. The Morgan fingerprint density at radius 3 is 2.52 bits per heavy atom. The standard InChI is InChI=1S/C27H36ClN7O4S/c1-16(2)40(37,38)25(29)23(14-30-4)32-26-21(28)13-31-27(34-26)33-22-11-17(3)20(12-24(22)39-19-5-6-19)18-7-9-35(15-36)10-8-18/h11-16,18-19,29-30H,5-10H2,1-4H3,(H2,31,32,33,34)/b23-14+,29-25?. The summed E-state index contributed by atoms with van der Waals surface area (Å²) in [4.78, 5) is 21.7. The highest BCUT2D eigenvalue weighted by molar-refractivity contribution is 8.07. The summed E-state index contributed by atoms with van der Waals surface area (Å²) in [6.45, 7) is 6.56. The highest BCUT2D eigenvalue weighted by Gasteiger charge is 2.28. The number of ether oxygens (including phenoxy) is 1. The number of nitrogens with one attached hydrogen (secondary N) is 4. The van der Waals surface area contributed by atoms with Gasteiger partial charge in [0.15, 0.2) is 20.7 Å². The number of sulfone groups is 1. The maximum Gasteiger partial charge on any atom is 0.229 e. The zero-order valence-corrected chi connectivity index (χ0v) is 24.7. The third kappa shape index (κ3) is 6.84. The number of hydrogen-bond donors (Lipinski definition) is 4. The molecule has 4 N–H and O–H groups in total. The van der Waals surface area contributed by atoms with E-state index in [0.29, 0.717) is 17.4 Å². The molecular weight excluding hydrogens is 554 g/mol. The Hall–Kier alpha value is -3.38. The largest absolute Gasteiger partial charge is 0.488 e. The summed E-state index contributed by atoms with van der Waals surface area (Å²) in [5.74, 6) is 1.41. The van der Waals surface area contributed by atoms with E-state index in [2.05, 4.69) is 38.9 Å². The van der Waals surface area contributed by atoms with Crippen LogP contribution >= 0.6 is 11.6 Å². The minimum absolute atomic E-state index is 0.00123. The Kier molecular flexibility index (Phi) is 9.19. The molecule has 40 heavy (non-hydrogen) atoms. The van der Waals surface area contributed by atoms with Gasteiger partial charge in [-0.2, -0.15) is 4.98 Å². The fraction of sp³-hybridized carbons (Fsp3) is 0.481. The summed E-state index contributed by atoms with van der Waals surface area (Å²) in [5, 5.41) is 16.0. The van der Waals surface area contributed by atoms with E-state index < -0.39 is 20.1 Å². The molecule has 2 heterocycles. The van der Waals surface area contributed by atoms with Gasteiger partial charge in [-0.3, -0.25) is 10.2 Å². The van der Waals surface area contributed by atoms with Crippen LogP contribution in [-0.2, 0) is 14.6 Å². The van der Waals surface area contributed by atoms with E-state index in [9.17, 15) is 13.2 Å². The van der Waals surface area contributed by atoms with Crippen LogP contribution in [0.5, 0.6) is 5.75 Å². The lowest BCUT2D eigenvalue weighted by Crippen LogP contribution is -2.31. The summed E-state index contributed by atoms with van der Waals surface area (Å²) in [6.07, 6.45) is 7.64. The molecule has 0 atom stereocenters. The number of aromatic nitrogens is 2. The van der Waals surface area contributed by atoms with Crippen molar-refractivity contribution in [3.05, 3.63) is 46.4 Å². The number of carbonyl (C=O) groups is 1. The van der Waals surface area contributed by atoms with Crippen LogP contribution in [0.15, 0.2) is 30.2 Å². The normalized spacial score (nSPS) is 16.6. The van der Waals surface area contributed by atoms with Crippen molar-refractivity contribution in [1.29, 1.82) is 5.41 Å². The van der Waals surface area contributed by atoms with E-state index in [4.69, 9.17) is 21.7 Å². The number of halogens is 1. The first kappa shape index (κ1) is 29.6. The molecule has 1 aromatic heterocycles. The third-order valence-corrected chi connectivity index (χ3v) is 9.29. The number of anilines is 3. The number of benzene rings is 1. The van der Waals surface area contributed by atoms with Gasteiger partial charge in [0.25, 0.3) is 0 Å². The fourth-order valence-corrected chi connectivity index (χ4v) is 5.50. The fourth-order valence-electron chi connectivity index (χ4n) is 4.47. The zero-order valence-electron chi connectivity index (χ0n) is 23.1. The first-order valence-corrected chi connectivity index (χ1v) is 15.2. The Bertz CT molecular complexity index is 1400. The Balaban J connectivity index is 1.61. The third-order valence-electron chi connectivity index (χ3n) is 6.99. The second-order valence-electron chi connectivity index (χ2n) is 10.3. The highest BCUT2D eigenvalue weighted by atomic mass is 35.5. The number of nitrogens with zero attached hydrogens (tertiary/aromatic N) is 3. The molecule has 1 aromatic carbocycles. The maximum atomic E-state index is 12.6. The van der Waals surface area contributed by atoms with Crippen LogP contribution in [-0.4, -0.2) is 66.2 Å². The molecule has 2 aromatic rings. The number of amides is 1. The van der Waals surface area contributed by atoms with E-state index in [-0.39, 0.29) is 28.6 Å². The minimum atomic E-state index is -3.85. The molecule has 0 bridgehead atoms. The second-order valence-corrected chi connectivity index (χ2v) is 13.2. The summed E-state index contributed by atoms with van der Waals surface area (Å²) >= 11 is 6.35. The van der Waals surface area contributed by atoms with Crippen molar-refractivity contribution in [2.24, 2.45) is 0 Å². The van der Waals surface area contributed by atoms with Crippen molar-refractivity contribution >= 4 is 50.3 Å². The lowest BCUT2D eigenvalue weighted by atomic mass is 9.86. The van der Waals surface area contributed by atoms with Crippen molar-refractivity contribution in [2.45, 2.75) is 63.7 Å². The average molecular weight is 590 g/mol. The van der Waals surface area contributed by atoms with E-state index in [1.54, 1.807) is 7.05 Å². The van der Waals surface area contributed by atoms with Crippen LogP contribution in [0.1, 0.15) is 56.6 Å². The van der Waals surface area contributed by atoms with Crippen LogP contribution in [0.2, 0.25) is 5.02 Å². The molecule has 0 spiro atoms. The topological polar surface area (TPSA) is 149 Å². The first-order valence-electron chi connectivity index (χ1n) is 13.3.